The molecule has 1 aromatic heterocycles. The third-order valence-corrected chi connectivity index (χ3v) is 4.34. The number of aromatic nitrogens is 2. The SMILES string of the molecule is Cc1cnc(CN[C@@H]2CN(C(=O)Nc3ccccc3C)C[C@H]2O)cn1. The van der Waals surface area contributed by atoms with Crippen LogP contribution in [-0.4, -0.2) is 51.2 Å². The van der Waals surface area contributed by atoms with Crippen LogP contribution in [0, 0.1) is 13.8 Å². The number of para-hydroxylation sites is 1. The summed E-state index contributed by atoms with van der Waals surface area (Å²) < 4.78 is 0. The summed E-state index contributed by atoms with van der Waals surface area (Å²) in [6.07, 6.45) is 2.82. The van der Waals surface area contributed by atoms with E-state index in [1.807, 2.05) is 38.1 Å². The minimum absolute atomic E-state index is 0.189. The Balaban J connectivity index is 1.54. The number of urea groups is 1. The number of benzene rings is 1. The maximum Gasteiger partial charge on any atom is 0.321 e. The van der Waals surface area contributed by atoms with Crippen molar-refractivity contribution in [1.29, 1.82) is 0 Å². The topological polar surface area (TPSA) is 90.4 Å². The number of nitrogens with one attached hydrogen (secondary N) is 2. The second kappa shape index (κ2) is 7.58. The van der Waals surface area contributed by atoms with Crippen molar-refractivity contribution in [3.05, 3.63) is 53.6 Å². The first-order valence-corrected chi connectivity index (χ1v) is 8.33. The predicted molar refractivity (Wildman–Crippen MR) is 95.2 cm³/mol. The molecule has 1 aromatic carbocycles. The van der Waals surface area contributed by atoms with Crippen LogP contribution in [0.3, 0.4) is 0 Å². The highest BCUT2D eigenvalue weighted by atomic mass is 16.3. The van der Waals surface area contributed by atoms with Crippen LogP contribution in [0.4, 0.5) is 10.5 Å². The zero-order valence-electron chi connectivity index (χ0n) is 14.4. The summed E-state index contributed by atoms with van der Waals surface area (Å²) in [6, 6.07) is 7.23. The molecule has 7 nitrogen and oxygen atoms in total. The quantitative estimate of drug-likeness (QED) is 0.783. The number of hydrogen-bond donors (Lipinski definition) is 3. The third-order valence-electron chi connectivity index (χ3n) is 4.34. The van der Waals surface area contributed by atoms with Gasteiger partial charge in [-0.3, -0.25) is 9.97 Å². The lowest BCUT2D eigenvalue weighted by Gasteiger charge is -2.18. The highest BCUT2D eigenvalue weighted by Crippen LogP contribution is 2.17. The molecule has 1 saturated heterocycles. The lowest BCUT2D eigenvalue weighted by Crippen LogP contribution is -2.39. The lowest BCUT2D eigenvalue weighted by molar-refractivity contribution is 0.155. The Hall–Kier alpha value is -2.51. The van der Waals surface area contributed by atoms with Crippen molar-refractivity contribution in [2.24, 2.45) is 0 Å². The van der Waals surface area contributed by atoms with Gasteiger partial charge in [0.1, 0.15) is 0 Å². The Kier molecular flexibility index (Phi) is 5.25. The fraction of sp³-hybridized carbons (Fsp3) is 0.389. The van der Waals surface area contributed by atoms with Crippen LogP contribution in [0.2, 0.25) is 0 Å². The van der Waals surface area contributed by atoms with Crippen LogP contribution in [-0.2, 0) is 6.54 Å². The number of rotatable bonds is 4. The highest BCUT2D eigenvalue weighted by molar-refractivity contribution is 5.90. The number of anilines is 1. The maximum absolute atomic E-state index is 12.4. The Morgan fingerprint density at radius 3 is 2.76 bits per heavy atom. The van der Waals surface area contributed by atoms with Gasteiger partial charge in [0, 0.05) is 37.7 Å². The molecule has 132 valence electrons. The Bertz CT molecular complexity index is 735. The fourth-order valence-corrected chi connectivity index (χ4v) is 2.81. The second-order valence-corrected chi connectivity index (χ2v) is 6.35. The average Bonchev–Trinajstić information content (AvgIpc) is 2.97. The van der Waals surface area contributed by atoms with Crippen molar-refractivity contribution in [3.8, 4) is 0 Å². The van der Waals surface area contributed by atoms with Gasteiger partial charge in [-0.2, -0.15) is 0 Å². The number of likely N-dealkylation sites (tertiary alicyclic amines) is 1. The fourth-order valence-electron chi connectivity index (χ4n) is 2.81. The van der Waals surface area contributed by atoms with Gasteiger partial charge in [0.25, 0.3) is 0 Å². The number of carbonyl (C=O) groups is 1. The summed E-state index contributed by atoms with van der Waals surface area (Å²) in [6.45, 7) is 5.08. The molecule has 0 spiro atoms. The van der Waals surface area contributed by atoms with E-state index in [1.54, 1.807) is 17.3 Å². The summed E-state index contributed by atoms with van der Waals surface area (Å²) in [5.74, 6) is 0. The predicted octanol–water partition coefficient (Wildman–Crippen LogP) is 1.46. The molecule has 3 N–H and O–H groups in total. The number of nitrogens with zero attached hydrogens (tertiary/aromatic N) is 3. The van der Waals surface area contributed by atoms with E-state index in [0.29, 0.717) is 19.6 Å². The van der Waals surface area contributed by atoms with Crippen LogP contribution in [0.1, 0.15) is 17.0 Å². The van der Waals surface area contributed by atoms with E-state index in [9.17, 15) is 9.90 Å². The first kappa shape index (κ1) is 17.3. The van der Waals surface area contributed by atoms with E-state index in [4.69, 9.17) is 0 Å². The molecule has 1 fully saturated rings. The van der Waals surface area contributed by atoms with Gasteiger partial charge in [0.05, 0.1) is 23.5 Å². The Morgan fingerprint density at radius 2 is 2.04 bits per heavy atom. The molecule has 1 aliphatic heterocycles. The van der Waals surface area contributed by atoms with Crippen LogP contribution < -0.4 is 10.6 Å². The minimum Gasteiger partial charge on any atom is -0.390 e. The van der Waals surface area contributed by atoms with Gasteiger partial charge in [-0.1, -0.05) is 18.2 Å². The van der Waals surface area contributed by atoms with Gasteiger partial charge in [-0.15, -0.1) is 0 Å². The number of aliphatic hydroxyl groups is 1. The second-order valence-electron chi connectivity index (χ2n) is 6.35. The molecular weight excluding hydrogens is 318 g/mol. The van der Waals surface area contributed by atoms with E-state index in [-0.39, 0.29) is 12.1 Å². The monoisotopic (exact) mass is 341 g/mol. The summed E-state index contributed by atoms with van der Waals surface area (Å²) in [5.41, 5.74) is 3.46. The summed E-state index contributed by atoms with van der Waals surface area (Å²) in [5, 5.41) is 16.4. The largest absolute Gasteiger partial charge is 0.390 e. The lowest BCUT2D eigenvalue weighted by atomic mass is 10.2. The molecule has 0 saturated carbocycles. The summed E-state index contributed by atoms with van der Waals surface area (Å²) >= 11 is 0. The maximum atomic E-state index is 12.4. The normalized spacial score (nSPS) is 19.9. The van der Waals surface area contributed by atoms with Crippen molar-refractivity contribution >= 4 is 11.7 Å². The van der Waals surface area contributed by atoms with Gasteiger partial charge < -0.3 is 20.6 Å². The molecule has 0 unspecified atom stereocenters. The smallest absolute Gasteiger partial charge is 0.321 e. The Morgan fingerprint density at radius 1 is 1.24 bits per heavy atom. The molecule has 3 rings (SSSR count). The summed E-state index contributed by atoms with van der Waals surface area (Å²) in [7, 11) is 0. The van der Waals surface area contributed by atoms with Crippen LogP contribution in [0.5, 0.6) is 0 Å². The van der Waals surface area contributed by atoms with Crippen molar-refractivity contribution < 1.29 is 9.90 Å². The number of amides is 2. The molecule has 2 aromatic rings. The van der Waals surface area contributed by atoms with E-state index < -0.39 is 6.10 Å². The molecule has 25 heavy (non-hydrogen) atoms. The molecular formula is C18H23N5O2. The number of aliphatic hydroxyl groups excluding tert-OH is 1. The number of hydrogen-bond acceptors (Lipinski definition) is 5. The van der Waals surface area contributed by atoms with E-state index in [1.165, 1.54) is 0 Å². The minimum atomic E-state index is -0.610. The van der Waals surface area contributed by atoms with Crippen molar-refractivity contribution in [2.75, 3.05) is 18.4 Å². The number of carbonyl (C=O) groups excluding carboxylic acids is 1. The van der Waals surface area contributed by atoms with Crippen LogP contribution >= 0.6 is 0 Å². The average molecular weight is 341 g/mol. The molecule has 0 radical (unpaired) electrons. The van der Waals surface area contributed by atoms with Gasteiger partial charge >= 0.3 is 6.03 Å². The van der Waals surface area contributed by atoms with Crippen LogP contribution in [0.15, 0.2) is 36.7 Å². The van der Waals surface area contributed by atoms with Crippen molar-refractivity contribution in [3.63, 3.8) is 0 Å². The van der Waals surface area contributed by atoms with Crippen LogP contribution in [0.25, 0.3) is 0 Å². The molecule has 2 atom stereocenters. The molecule has 7 heteroatoms. The van der Waals surface area contributed by atoms with Crippen molar-refractivity contribution in [1.82, 2.24) is 20.2 Å². The van der Waals surface area contributed by atoms with Gasteiger partial charge in [-0.05, 0) is 25.5 Å². The van der Waals surface area contributed by atoms with E-state index in [2.05, 4.69) is 20.6 Å². The molecule has 0 aliphatic carbocycles. The third kappa shape index (κ3) is 4.32. The first-order chi connectivity index (χ1) is 12.0. The van der Waals surface area contributed by atoms with Gasteiger partial charge in [-0.25, -0.2) is 4.79 Å². The zero-order chi connectivity index (χ0) is 17.8. The standard InChI is InChI=1S/C18H23N5O2/c1-12-5-3-4-6-15(12)22-18(25)23-10-16(17(24)11-23)21-9-14-8-19-13(2)7-20-14/h3-8,16-17,21,24H,9-11H2,1-2H3,(H,22,25)/t16-,17-/m1/s1. The van der Waals surface area contributed by atoms with Gasteiger partial charge in [0.15, 0.2) is 0 Å². The van der Waals surface area contributed by atoms with Gasteiger partial charge in [0.2, 0.25) is 0 Å². The summed E-state index contributed by atoms with van der Waals surface area (Å²) in [4.78, 5) is 22.5. The molecule has 0 bridgehead atoms. The zero-order valence-corrected chi connectivity index (χ0v) is 14.4. The highest BCUT2D eigenvalue weighted by Gasteiger charge is 2.33. The first-order valence-electron chi connectivity index (χ1n) is 8.33. The van der Waals surface area contributed by atoms with E-state index >= 15 is 0 Å². The van der Waals surface area contributed by atoms with Crippen molar-refractivity contribution in [2.45, 2.75) is 32.5 Å². The molecule has 2 heterocycles. The van der Waals surface area contributed by atoms with E-state index in [0.717, 1.165) is 22.6 Å². The molecule has 2 amide bonds. The molecule has 1 aliphatic rings. The Labute approximate surface area is 147 Å². The number of β-amino-alcohol motifs (C(OH)–C–C–N with tert-alkyl or cyclic N) is 1. The number of aryl methyl sites for hydroxylation is 2.